The summed E-state index contributed by atoms with van der Waals surface area (Å²) < 4.78 is 5.18. The Balaban J connectivity index is 2.59. The molecular formula is C15H25N3O. The predicted octanol–water partition coefficient (Wildman–Crippen LogP) is 2.45. The van der Waals surface area contributed by atoms with Crippen LogP contribution in [0.15, 0.2) is 29.4 Å². The molecule has 4 nitrogen and oxygen atoms in total. The summed E-state index contributed by atoms with van der Waals surface area (Å²) in [6.07, 6.45) is 0. The second-order valence-electron chi connectivity index (χ2n) is 4.93. The van der Waals surface area contributed by atoms with Crippen molar-refractivity contribution in [3.8, 4) is 5.75 Å². The second-order valence-corrected chi connectivity index (χ2v) is 4.93. The van der Waals surface area contributed by atoms with Crippen molar-refractivity contribution in [2.45, 2.75) is 26.4 Å². The quantitative estimate of drug-likeness (QED) is 0.533. The molecule has 0 amide bonds. The SMILES string of the molecule is C=NN(C)CCN(Cc1ccc(OC)cc1)C(C)C. The van der Waals surface area contributed by atoms with Crippen LogP contribution in [0.2, 0.25) is 0 Å². The van der Waals surface area contributed by atoms with Crippen LogP contribution in [-0.2, 0) is 6.54 Å². The van der Waals surface area contributed by atoms with Crippen molar-refractivity contribution in [3.05, 3.63) is 29.8 Å². The van der Waals surface area contributed by atoms with Gasteiger partial charge in [-0.3, -0.25) is 9.91 Å². The number of hydrazone groups is 1. The van der Waals surface area contributed by atoms with Crippen LogP contribution in [0.4, 0.5) is 0 Å². The van der Waals surface area contributed by atoms with E-state index in [1.165, 1.54) is 5.56 Å². The molecule has 0 radical (unpaired) electrons. The number of methoxy groups -OCH3 is 1. The molecular weight excluding hydrogens is 238 g/mol. The van der Waals surface area contributed by atoms with Crippen molar-refractivity contribution in [2.75, 3.05) is 27.2 Å². The molecule has 0 aliphatic heterocycles. The predicted molar refractivity (Wildman–Crippen MR) is 80.7 cm³/mol. The molecule has 4 heteroatoms. The van der Waals surface area contributed by atoms with Gasteiger partial charge in [0.05, 0.1) is 7.11 Å². The fourth-order valence-electron chi connectivity index (χ4n) is 1.83. The van der Waals surface area contributed by atoms with Crippen molar-refractivity contribution >= 4 is 6.72 Å². The van der Waals surface area contributed by atoms with Crippen LogP contribution in [0.25, 0.3) is 0 Å². The monoisotopic (exact) mass is 263 g/mol. The first kappa shape index (κ1) is 15.5. The largest absolute Gasteiger partial charge is 0.497 e. The highest BCUT2D eigenvalue weighted by atomic mass is 16.5. The molecule has 1 aromatic carbocycles. The lowest BCUT2D eigenvalue weighted by Gasteiger charge is -2.28. The third kappa shape index (κ3) is 5.30. The van der Waals surface area contributed by atoms with Crippen LogP contribution in [0.5, 0.6) is 5.75 Å². The molecule has 0 N–H and O–H groups in total. The highest BCUT2D eigenvalue weighted by Crippen LogP contribution is 2.14. The van der Waals surface area contributed by atoms with E-state index in [9.17, 15) is 0 Å². The third-order valence-electron chi connectivity index (χ3n) is 3.23. The van der Waals surface area contributed by atoms with Crippen molar-refractivity contribution < 1.29 is 4.74 Å². The third-order valence-corrected chi connectivity index (χ3v) is 3.23. The highest BCUT2D eigenvalue weighted by Gasteiger charge is 2.10. The van der Waals surface area contributed by atoms with E-state index < -0.39 is 0 Å². The maximum absolute atomic E-state index is 5.18. The van der Waals surface area contributed by atoms with Gasteiger partial charge >= 0.3 is 0 Å². The molecule has 0 fully saturated rings. The topological polar surface area (TPSA) is 28.1 Å². The molecule has 1 aromatic rings. The summed E-state index contributed by atoms with van der Waals surface area (Å²) in [7, 11) is 3.63. The van der Waals surface area contributed by atoms with Crippen molar-refractivity contribution in [2.24, 2.45) is 5.10 Å². The highest BCUT2D eigenvalue weighted by molar-refractivity contribution is 5.27. The molecule has 0 aliphatic rings. The molecule has 0 atom stereocenters. The minimum Gasteiger partial charge on any atom is -0.497 e. The van der Waals surface area contributed by atoms with Gasteiger partial charge in [-0.2, -0.15) is 5.10 Å². The number of hydrogen-bond donors (Lipinski definition) is 0. The number of likely N-dealkylation sites (N-methyl/N-ethyl adjacent to an activating group) is 1. The first-order chi connectivity index (χ1) is 9.06. The number of rotatable bonds is 8. The van der Waals surface area contributed by atoms with Crippen LogP contribution in [0, 0.1) is 0 Å². The molecule has 0 aromatic heterocycles. The van der Waals surface area contributed by atoms with E-state index in [1.54, 1.807) is 7.11 Å². The first-order valence-electron chi connectivity index (χ1n) is 6.61. The van der Waals surface area contributed by atoms with Gasteiger partial charge in [0.2, 0.25) is 0 Å². The van der Waals surface area contributed by atoms with Crippen molar-refractivity contribution in [1.82, 2.24) is 9.91 Å². The van der Waals surface area contributed by atoms with E-state index >= 15 is 0 Å². The molecule has 0 unspecified atom stereocenters. The minimum atomic E-state index is 0.500. The lowest BCUT2D eigenvalue weighted by molar-refractivity contribution is 0.184. The molecule has 0 aliphatic carbocycles. The standard InChI is InChI=1S/C15H25N3O/c1-13(2)18(11-10-17(4)16-3)12-14-6-8-15(19-5)9-7-14/h6-9,13H,3,10-12H2,1-2,4-5H3. The molecule has 0 spiro atoms. The average Bonchev–Trinajstić information content (AvgIpc) is 2.43. The summed E-state index contributed by atoms with van der Waals surface area (Å²) in [5, 5.41) is 5.75. The zero-order valence-electron chi connectivity index (χ0n) is 12.5. The van der Waals surface area contributed by atoms with Gasteiger partial charge in [-0.15, -0.1) is 0 Å². The number of nitrogens with zero attached hydrogens (tertiary/aromatic N) is 3. The molecule has 106 valence electrons. The number of hydrogen-bond acceptors (Lipinski definition) is 4. The van der Waals surface area contributed by atoms with E-state index in [0.717, 1.165) is 25.4 Å². The van der Waals surface area contributed by atoms with E-state index in [1.807, 2.05) is 24.2 Å². The van der Waals surface area contributed by atoms with Crippen LogP contribution in [0.1, 0.15) is 19.4 Å². The van der Waals surface area contributed by atoms with E-state index in [4.69, 9.17) is 4.74 Å². The van der Waals surface area contributed by atoms with Crippen LogP contribution in [-0.4, -0.2) is 49.9 Å². The van der Waals surface area contributed by atoms with Crippen molar-refractivity contribution in [1.29, 1.82) is 0 Å². The van der Waals surface area contributed by atoms with Gasteiger partial charge in [-0.05, 0) is 31.5 Å². The molecule has 0 saturated carbocycles. The molecule has 0 bridgehead atoms. The summed E-state index contributed by atoms with van der Waals surface area (Å²) in [5.74, 6) is 0.899. The van der Waals surface area contributed by atoms with Gasteiger partial charge in [0.1, 0.15) is 5.75 Å². The summed E-state index contributed by atoms with van der Waals surface area (Å²) in [6, 6.07) is 8.74. The Morgan fingerprint density at radius 3 is 2.32 bits per heavy atom. The second kappa shape index (κ2) is 7.79. The summed E-state index contributed by atoms with van der Waals surface area (Å²) >= 11 is 0. The van der Waals surface area contributed by atoms with Crippen LogP contribution < -0.4 is 4.74 Å². The summed E-state index contributed by atoms with van der Waals surface area (Å²) in [4.78, 5) is 2.42. The lowest BCUT2D eigenvalue weighted by Crippen LogP contribution is -2.35. The Bertz CT molecular complexity index is 375. The van der Waals surface area contributed by atoms with Gasteiger partial charge in [-0.25, -0.2) is 0 Å². The van der Waals surface area contributed by atoms with Gasteiger partial charge < -0.3 is 4.74 Å². The van der Waals surface area contributed by atoms with Gasteiger partial charge in [0.25, 0.3) is 0 Å². The molecule has 1 rings (SSSR count). The Hall–Kier alpha value is -1.55. The van der Waals surface area contributed by atoms with E-state index in [2.05, 4.69) is 42.7 Å². The Labute approximate surface area is 116 Å². The fourth-order valence-corrected chi connectivity index (χ4v) is 1.83. The van der Waals surface area contributed by atoms with E-state index in [-0.39, 0.29) is 0 Å². The minimum absolute atomic E-state index is 0.500. The maximum Gasteiger partial charge on any atom is 0.118 e. The lowest BCUT2D eigenvalue weighted by atomic mass is 10.2. The summed E-state index contributed by atoms with van der Waals surface area (Å²) in [5.41, 5.74) is 1.30. The first-order valence-corrected chi connectivity index (χ1v) is 6.61. The summed E-state index contributed by atoms with van der Waals surface area (Å²) in [6.45, 7) is 10.8. The Morgan fingerprint density at radius 2 is 1.84 bits per heavy atom. The number of benzene rings is 1. The van der Waals surface area contributed by atoms with Gasteiger partial charge in [0, 0.05) is 39.4 Å². The van der Waals surface area contributed by atoms with Gasteiger partial charge in [-0.1, -0.05) is 12.1 Å². The zero-order chi connectivity index (χ0) is 14.3. The molecule has 19 heavy (non-hydrogen) atoms. The normalized spacial score (nSPS) is 10.8. The fraction of sp³-hybridized carbons (Fsp3) is 0.533. The zero-order valence-corrected chi connectivity index (χ0v) is 12.5. The van der Waals surface area contributed by atoms with Crippen molar-refractivity contribution in [3.63, 3.8) is 0 Å². The maximum atomic E-state index is 5.18. The van der Waals surface area contributed by atoms with E-state index in [0.29, 0.717) is 6.04 Å². The Kier molecular flexibility index (Phi) is 6.36. The molecule has 0 heterocycles. The van der Waals surface area contributed by atoms with Crippen LogP contribution in [0.3, 0.4) is 0 Å². The average molecular weight is 263 g/mol. The van der Waals surface area contributed by atoms with Crippen LogP contribution >= 0.6 is 0 Å². The Morgan fingerprint density at radius 1 is 1.21 bits per heavy atom. The smallest absolute Gasteiger partial charge is 0.118 e. The van der Waals surface area contributed by atoms with Gasteiger partial charge in [0.15, 0.2) is 0 Å². The molecule has 0 saturated heterocycles. The number of ether oxygens (including phenoxy) is 1.